The monoisotopic (exact) mass is 231 g/mol. The van der Waals surface area contributed by atoms with Crippen molar-refractivity contribution in [3.63, 3.8) is 0 Å². The molecule has 90 valence electrons. The summed E-state index contributed by atoms with van der Waals surface area (Å²) in [5, 5.41) is 10.0. The first-order valence-electron chi connectivity index (χ1n) is 5.64. The van der Waals surface area contributed by atoms with Crippen molar-refractivity contribution >= 4 is 16.9 Å². The second-order valence-corrected chi connectivity index (χ2v) is 5.42. The summed E-state index contributed by atoms with van der Waals surface area (Å²) in [4.78, 5) is 11.1. The maximum Gasteiger partial charge on any atom is 0.352 e. The molecule has 0 aliphatic carbocycles. The number of carboxylic acid groups (broad SMARTS) is 1. The Balaban J connectivity index is 2.70. The first-order valence-corrected chi connectivity index (χ1v) is 5.64. The predicted molar refractivity (Wildman–Crippen MR) is 68.6 cm³/mol. The van der Waals surface area contributed by atoms with Crippen LogP contribution in [0.25, 0.3) is 10.9 Å². The van der Waals surface area contributed by atoms with Gasteiger partial charge in [-0.1, -0.05) is 32.9 Å². The van der Waals surface area contributed by atoms with Crippen molar-refractivity contribution in [2.45, 2.75) is 26.2 Å². The highest BCUT2D eigenvalue weighted by Gasteiger charge is 2.17. The van der Waals surface area contributed by atoms with Crippen LogP contribution in [0.5, 0.6) is 0 Å². The zero-order chi connectivity index (χ0) is 12.8. The summed E-state index contributed by atoms with van der Waals surface area (Å²) in [5.74, 6) is -0.888. The number of nitrogens with zero attached hydrogens (tertiary/aromatic N) is 1. The molecule has 0 bridgehead atoms. The number of rotatable bonds is 1. The summed E-state index contributed by atoms with van der Waals surface area (Å²) in [5.41, 5.74) is 2.58. The molecule has 0 unspecified atom stereocenters. The van der Waals surface area contributed by atoms with E-state index in [1.165, 1.54) is 5.56 Å². The van der Waals surface area contributed by atoms with Gasteiger partial charge in [0.1, 0.15) is 5.69 Å². The lowest BCUT2D eigenvalue weighted by atomic mass is 9.87. The Morgan fingerprint density at radius 2 is 1.88 bits per heavy atom. The number of carboxylic acids is 1. The van der Waals surface area contributed by atoms with Crippen LogP contribution in [-0.2, 0) is 12.5 Å². The molecule has 0 fully saturated rings. The summed E-state index contributed by atoms with van der Waals surface area (Å²) in [6.07, 6.45) is 0. The maximum absolute atomic E-state index is 11.1. The zero-order valence-corrected chi connectivity index (χ0v) is 10.6. The van der Waals surface area contributed by atoms with E-state index in [-0.39, 0.29) is 5.41 Å². The number of carbonyl (C=O) groups is 1. The fourth-order valence-corrected chi connectivity index (χ4v) is 2.00. The number of hydrogen-bond donors (Lipinski definition) is 1. The van der Waals surface area contributed by atoms with Gasteiger partial charge in [-0.2, -0.15) is 0 Å². The van der Waals surface area contributed by atoms with Gasteiger partial charge in [0.2, 0.25) is 0 Å². The van der Waals surface area contributed by atoms with Crippen LogP contribution >= 0.6 is 0 Å². The first kappa shape index (κ1) is 11.7. The molecule has 1 aromatic carbocycles. The largest absolute Gasteiger partial charge is 0.477 e. The van der Waals surface area contributed by atoms with Gasteiger partial charge in [0.25, 0.3) is 0 Å². The van der Waals surface area contributed by atoms with Gasteiger partial charge in [0.05, 0.1) is 0 Å². The van der Waals surface area contributed by atoms with E-state index in [2.05, 4.69) is 32.9 Å². The van der Waals surface area contributed by atoms with Crippen LogP contribution < -0.4 is 0 Å². The molecule has 0 aliphatic heterocycles. The summed E-state index contributed by atoms with van der Waals surface area (Å²) in [6.45, 7) is 6.44. The Labute approximate surface area is 101 Å². The van der Waals surface area contributed by atoms with Crippen LogP contribution in [-0.4, -0.2) is 15.6 Å². The van der Waals surface area contributed by atoms with Gasteiger partial charge in [0, 0.05) is 18.0 Å². The van der Waals surface area contributed by atoms with Crippen molar-refractivity contribution in [1.29, 1.82) is 0 Å². The molecule has 0 saturated heterocycles. The summed E-state index contributed by atoms with van der Waals surface area (Å²) in [7, 11) is 1.79. The topological polar surface area (TPSA) is 42.2 Å². The zero-order valence-electron chi connectivity index (χ0n) is 10.6. The van der Waals surface area contributed by atoms with Crippen molar-refractivity contribution in [2.75, 3.05) is 0 Å². The highest BCUT2D eigenvalue weighted by molar-refractivity contribution is 5.94. The van der Waals surface area contributed by atoms with Gasteiger partial charge in [-0.15, -0.1) is 0 Å². The van der Waals surface area contributed by atoms with Crippen LogP contribution in [0.1, 0.15) is 36.8 Å². The smallest absolute Gasteiger partial charge is 0.352 e. The van der Waals surface area contributed by atoms with E-state index in [4.69, 9.17) is 5.11 Å². The number of benzene rings is 1. The van der Waals surface area contributed by atoms with Gasteiger partial charge in [-0.05, 0) is 23.1 Å². The third kappa shape index (κ3) is 1.93. The molecule has 3 heteroatoms. The van der Waals surface area contributed by atoms with Crippen molar-refractivity contribution < 1.29 is 9.90 Å². The average Bonchev–Trinajstić information content (AvgIpc) is 2.54. The van der Waals surface area contributed by atoms with Crippen molar-refractivity contribution in [1.82, 2.24) is 4.57 Å². The molecule has 2 aromatic rings. The second kappa shape index (κ2) is 3.62. The molecule has 0 spiro atoms. The number of hydrogen-bond acceptors (Lipinski definition) is 1. The molecule has 1 N–H and O–H groups in total. The third-order valence-corrected chi connectivity index (χ3v) is 3.13. The fourth-order valence-electron chi connectivity index (χ4n) is 2.00. The fraction of sp³-hybridized carbons (Fsp3) is 0.357. The lowest BCUT2D eigenvalue weighted by Crippen LogP contribution is -2.11. The number of fused-ring (bicyclic) bond motifs is 1. The highest BCUT2D eigenvalue weighted by atomic mass is 16.4. The Bertz CT molecular complexity index is 588. The minimum Gasteiger partial charge on any atom is -0.477 e. The molecule has 0 saturated carbocycles. The lowest BCUT2D eigenvalue weighted by Gasteiger charge is -2.19. The Kier molecular flexibility index (Phi) is 2.49. The van der Waals surface area contributed by atoms with Gasteiger partial charge in [-0.3, -0.25) is 0 Å². The van der Waals surface area contributed by atoms with E-state index < -0.39 is 5.97 Å². The normalized spacial score (nSPS) is 12.0. The van der Waals surface area contributed by atoms with E-state index >= 15 is 0 Å². The molecule has 3 nitrogen and oxygen atoms in total. The standard InChI is InChI=1S/C14H17NO2/c1-14(2,3)10-6-5-9-7-12(13(16)17)15(4)11(9)8-10/h5-8H,1-4H3,(H,16,17). The van der Waals surface area contributed by atoms with Gasteiger partial charge < -0.3 is 9.67 Å². The summed E-state index contributed by atoms with van der Waals surface area (Å²) >= 11 is 0. The SMILES string of the molecule is Cn1c(C(=O)O)cc2ccc(C(C)(C)C)cc21. The van der Waals surface area contributed by atoms with Gasteiger partial charge >= 0.3 is 5.97 Å². The van der Waals surface area contributed by atoms with E-state index in [1.807, 2.05) is 6.07 Å². The van der Waals surface area contributed by atoms with Crippen LogP contribution in [0.4, 0.5) is 0 Å². The molecule has 1 aromatic heterocycles. The number of aryl methyl sites for hydroxylation is 1. The van der Waals surface area contributed by atoms with Crippen LogP contribution in [0.2, 0.25) is 0 Å². The maximum atomic E-state index is 11.1. The first-order chi connectivity index (χ1) is 7.80. The highest BCUT2D eigenvalue weighted by Crippen LogP contribution is 2.27. The second-order valence-electron chi connectivity index (χ2n) is 5.42. The Morgan fingerprint density at radius 3 is 2.41 bits per heavy atom. The van der Waals surface area contributed by atoms with E-state index in [0.29, 0.717) is 5.69 Å². The minimum absolute atomic E-state index is 0.0713. The number of aromatic carboxylic acids is 1. The Morgan fingerprint density at radius 1 is 1.24 bits per heavy atom. The van der Waals surface area contributed by atoms with Crippen LogP contribution in [0.15, 0.2) is 24.3 Å². The quantitative estimate of drug-likeness (QED) is 0.819. The molecule has 2 rings (SSSR count). The summed E-state index contributed by atoms with van der Waals surface area (Å²) < 4.78 is 1.73. The average molecular weight is 231 g/mol. The molecule has 0 amide bonds. The Hall–Kier alpha value is -1.77. The molecule has 0 atom stereocenters. The predicted octanol–water partition coefficient (Wildman–Crippen LogP) is 3.17. The molecular weight excluding hydrogens is 214 g/mol. The third-order valence-electron chi connectivity index (χ3n) is 3.13. The van der Waals surface area contributed by atoms with Crippen molar-refractivity contribution in [2.24, 2.45) is 7.05 Å². The van der Waals surface area contributed by atoms with Crippen LogP contribution in [0, 0.1) is 0 Å². The van der Waals surface area contributed by atoms with Crippen LogP contribution in [0.3, 0.4) is 0 Å². The molecule has 0 radical (unpaired) electrons. The molecular formula is C14H17NO2. The molecule has 0 aliphatic rings. The molecule has 17 heavy (non-hydrogen) atoms. The van der Waals surface area contributed by atoms with E-state index in [9.17, 15) is 4.79 Å². The van der Waals surface area contributed by atoms with E-state index in [1.54, 1.807) is 17.7 Å². The minimum atomic E-state index is -0.888. The summed E-state index contributed by atoms with van der Waals surface area (Å²) in [6, 6.07) is 7.84. The van der Waals surface area contributed by atoms with Crippen molar-refractivity contribution in [3.05, 3.63) is 35.5 Å². The number of aromatic nitrogens is 1. The van der Waals surface area contributed by atoms with E-state index in [0.717, 1.165) is 10.9 Å². The van der Waals surface area contributed by atoms with Gasteiger partial charge in [-0.25, -0.2) is 4.79 Å². The van der Waals surface area contributed by atoms with Gasteiger partial charge in [0.15, 0.2) is 0 Å². The van der Waals surface area contributed by atoms with Crippen molar-refractivity contribution in [3.8, 4) is 0 Å². The molecule has 1 heterocycles. The lowest BCUT2D eigenvalue weighted by molar-refractivity contribution is 0.0687.